The van der Waals surface area contributed by atoms with Gasteiger partial charge >= 0.3 is 0 Å². The van der Waals surface area contributed by atoms with E-state index >= 15 is 0 Å². The molecule has 0 fully saturated rings. The average molecular weight is 437 g/mol. The van der Waals surface area contributed by atoms with Gasteiger partial charge in [0.1, 0.15) is 29.6 Å². The van der Waals surface area contributed by atoms with Crippen molar-refractivity contribution in [1.82, 2.24) is 10.3 Å². The van der Waals surface area contributed by atoms with Gasteiger partial charge < -0.3 is 18.5 Å². The second-order valence-corrected chi connectivity index (χ2v) is 6.74. The van der Waals surface area contributed by atoms with E-state index < -0.39 is 5.91 Å². The number of hydrogen-bond donors (Lipinski definition) is 1. The zero-order valence-electron chi connectivity index (χ0n) is 17.2. The first-order valence-corrected chi connectivity index (χ1v) is 9.90. The smallest absolute Gasteiger partial charge is 0.252 e. The third-order valence-corrected chi connectivity index (χ3v) is 4.41. The summed E-state index contributed by atoms with van der Waals surface area (Å²) >= 11 is 0. The first-order chi connectivity index (χ1) is 15.6. The predicted molar refractivity (Wildman–Crippen MR) is 113 cm³/mol. The fourth-order valence-corrected chi connectivity index (χ4v) is 2.97. The molecule has 164 valence electrons. The van der Waals surface area contributed by atoms with E-state index in [4.69, 9.17) is 18.5 Å². The van der Waals surface area contributed by atoms with Crippen molar-refractivity contribution >= 4 is 11.8 Å². The van der Waals surface area contributed by atoms with Crippen LogP contribution in [0.2, 0.25) is 0 Å². The number of anilines is 1. The monoisotopic (exact) mass is 437 g/mol. The van der Waals surface area contributed by atoms with Gasteiger partial charge in [0.25, 0.3) is 5.91 Å². The van der Waals surface area contributed by atoms with E-state index in [0.717, 1.165) is 5.56 Å². The molecule has 0 saturated heterocycles. The van der Waals surface area contributed by atoms with Crippen molar-refractivity contribution in [2.45, 2.75) is 13.5 Å². The number of carbonyl (C=O) groups is 1. The van der Waals surface area contributed by atoms with E-state index in [1.807, 2.05) is 31.2 Å². The summed E-state index contributed by atoms with van der Waals surface area (Å²) in [4.78, 5) is 12.1. The number of halogens is 1. The van der Waals surface area contributed by atoms with Gasteiger partial charge in [0.2, 0.25) is 5.88 Å². The van der Waals surface area contributed by atoms with Crippen molar-refractivity contribution in [3.05, 3.63) is 72.2 Å². The maximum absolute atomic E-state index is 13.0. The second-order valence-electron chi connectivity index (χ2n) is 6.74. The lowest BCUT2D eigenvalue weighted by Crippen LogP contribution is -2.17. The number of amides is 1. The van der Waals surface area contributed by atoms with Crippen LogP contribution in [0.25, 0.3) is 22.6 Å². The highest BCUT2D eigenvalue weighted by Gasteiger charge is 2.14. The normalized spacial score (nSPS) is 10.8. The summed E-state index contributed by atoms with van der Waals surface area (Å²) in [6.07, 6.45) is 0. The molecule has 2 heterocycles. The Bertz CT molecular complexity index is 1190. The van der Waals surface area contributed by atoms with E-state index in [0.29, 0.717) is 35.1 Å². The van der Waals surface area contributed by atoms with Crippen molar-refractivity contribution in [3.8, 4) is 28.3 Å². The maximum atomic E-state index is 13.0. The van der Waals surface area contributed by atoms with Gasteiger partial charge in [-0.1, -0.05) is 22.4 Å². The zero-order chi connectivity index (χ0) is 22.3. The second kappa shape index (κ2) is 9.88. The molecule has 0 saturated carbocycles. The third kappa shape index (κ3) is 5.19. The number of hydrogen-bond acceptors (Lipinski definition) is 7. The Kier molecular flexibility index (Phi) is 6.57. The minimum Gasteiger partial charge on any atom is -0.493 e. The molecule has 8 nitrogen and oxygen atoms in total. The summed E-state index contributed by atoms with van der Waals surface area (Å²) in [5, 5.41) is 10.5. The van der Waals surface area contributed by atoms with Gasteiger partial charge in [-0.05, 0) is 43.3 Å². The largest absolute Gasteiger partial charge is 0.493 e. The van der Waals surface area contributed by atoms with Gasteiger partial charge in [-0.25, -0.2) is 4.39 Å². The Labute approximate surface area is 182 Å². The van der Waals surface area contributed by atoms with Crippen LogP contribution in [0.5, 0.6) is 5.75 Å². The first-order valence-electron chi connectivity index (χ1n) is 9.90. The molecule has 2 aromatic heterocycles. The lowest BCUT2D eigenvalue weighted by molar-refractivity contribution is -0.121. The lowest BCUT2D eigenvalue weighted by Gasteiger charge is -2.06. The molecule has 4 rings (SSSR count). The van der Waals surface area contributed by atoms with E-state index in [9.17, 15) is 9.18 Å². The Balaban J connectivity index is 1.29. The molecule has 2 aromatic carbocycles. The number of para-hydroxylation sites is 1. The van der Waals surface area contributed by atoms with Crippen LogP contribution >= 0.6 is 0 Å². The SMILES string of the molecule is CCOc1ccccc1-c1cc(NC(=O)COCc2cc(-c3ccc(F)cc3)on2)on1. The molecular formula is C23H20FN3O5. The Hall–Kier alpha value is -3.98. The number of rotatable bonds is 9. The molecule has 0 aliphatic rings. The zero-order valence-corrected chi connectivity index (χ0v) is 17.2. The van der Waals surface area contributed by atoms with Gasteiger partial charge in [0, 0.05) is 23.3 Å². The predicted octanol–water partition coefficient (Wildman–Crippen LogP) is 4.69. The van der Waals surface area contributed by atoms with Crippen molar-refractivity contribution < 1.29 is 27.7 Å². The quantitative estimate of drug-likeness (QED) is 0.405. The number of ether oxygens (including phenoxy) is 2. The minimum absolute atomic E-state index is 0.0709. The average Bonchev–Trinajstić information content (AvgIpc) is 3.45. The standard InChI is InChI=1S/C23H20FN3O5/c1-2-30-20-6-4-3-5-18(20)19-12-23(32-27-19)25-22(28)14-29-13-17-11-21(31-26-17)15-7-9-16(24)10-8-15/h3-12H,2,13-14H2,1H3,(H,25,28). The van der Waals surface area contributed by atoms with Gasteiger partial charge in [-0.2, -0.15) is 0 Å². The highest BCUT2D eigenvalue weighted by atomic mass is 19.1. The summed E-state index contributed by atoms with van der Waals surface area (Å²) in [6, 6.07) is 16.6. The molecule has 0 bridgehead atoms. The number of nitrogens with zero attached hydrogens (tertiary/aromatic N) is 2. The van der Waals surface area contributed by atoms with Crippen molar-refractivity contribution in [2.75, 3.05) is 18.5 Å². The van der Waals surface area contributed by atoms with Crippen molar-refractivity contribution in [2.24, 2.45) is 0 Å². The van der Waals surface area contributed by atoms with Crippen molar-refractivity contribution in [1.29, 1.82) is 0 Å². The van der Waals surface area contributed by atoms with Crippen LogP contribution in [-0.4, -0.2) is 29.4 Å². The lowest BCUT2D eigenvalue weighted by atomic mass is 10.1. The molecule has 0 spiro atoms. The molecule has 0 aliphatic heterocycles. The van der Waals surface area contributed by atoms with Crippen LogP contribution in [0.1, 0.15) is 12.6 Å². The highest BCUT2D eigenvalue weighted by molar-refractivity contribution is 5.90. The third-order valence-electron chi connectivity index (χ3n) is 4.41. The number of carbonyl (C=O) groups excluding carboxylic acids is 1. The molecule has 1 amide bonds. The van der Waals surface area contributed by atoms with E-state index in [1.165, 1.54) is 12.1 Å². The molecule has 32 heavy (non-hydrogen) atoms. The first kappa shape index (κ1) is 21.3. The number of benzene rings is 2. The molecule has 0 radical (unpaired) electrons. The minimum atomic E-state index is -0.409. The highest BCUT2D eigenvalue weighted by Crippen LogP contribution is 2.30. The van der Waals surface area contributed by atoms with Crippen LogP contribution in [0.15, 0.2) is 69.7 Å². The Morgan fingerprint density at radius 2 is 1.88 bits per heavy atom. The molecular weight excluding hydrogens is 417 g/mol. The van der Waals surface area contributed by atoms with Gasteiger partial charge in [-0.3, -0.25) is 10.1 Å². The molecule has 9 heteroatoms. The van der Waals surface area contributed by atoms with Gasteiger partial charge in [0.05, 0.1) is 13.2 Å². The van der Waals surface area contributed by atoms with Crippen LogP contribution < -0.4 is 10.1 Å². The summed E-state index contributed by atoms with van der Waals surface area (Å²) in [5.41, 5.74) is 2.50. The number of aromatic nitrogens is 2. The molecule has 0 atom stereocenters. The van der Waals surface area contributed by atoms with Crippen LogP contribution in [-0.2, 0) is 16.1 Å². The van der Waals surface area contributed by atoms with Crippen molar-refractivity contribution in [3.63, 3.8) is 0 Å². The summed E-state index contributed by atoms with van der Waals surface area (Å²) in [5.74, 6) is 0.611. The van der Waals surface area contributed by atoms with Crippen LogP contribution in [0, 0.1) is 5.82 Å². The topological polar surface area (TPSA) is 99.6 Å². The fourth-order valence-electron chi connectivity index (χ4n) is 2.97. The summed E-state index contributed by atoms with van der Waals surface area (Å²) < 4.78 is 34.4. The van der Waals surface area contributed by atoms with E-state index in [-0.39, 0.29) is 24.9 Å². The molecule has 1 N–H and O–H groups in total. The molecule has 0 unspecified atom stereocenters. The molecule has 0 aliphatic carbocycles. The summed E-state index contributed by atoms with van der Waals surface area (Å²) in [6.45, 7) is 2.27. The van der Waals surface area contributed by atoms with Gasteiger partial charge in [0.15, 0.2) is 5.76 Å². The number of nitrogens with one attached hydrogen (secondary N) is 1. The Morgan fingerprint density at radius 1 is 1.06 bits per heavy atom. The maximum Gasteiger partial charge on any atom is 0.252 e. The van der Waals surface area contributed by atoms with E-state index in [1.54, 1.807) is 24.3 Å². The van der Waals surface area contributed by atoms with E-state index in [2.05, 4.69) is 15.6 Å². The van der Waals surface area contributed by atoms with Crippen LogP contribution in [0.4, 0.5) is 10.3 Å². The molecule has 4 aromatic rings. The Morgan fingerprint density at radius 3 is 2.69 bits per heavy atom. The van der Waals surface area contributed by atoms with Crippen LogP contribution in [0.3, 0.4) is 0 Å². The fraction of sp³-hybridized carbons (Fsp3) is 0.174. The van der Waals surface area contributed by atoms with Gasteiger partial charge in [-0.15, -0.1) is 0 Å². The summed E-state index contributed by atoms with van der Waals surface area (Å²) in [7, 11) is 0.